The fourth-order valence-electron chi connectivity index (χ4n) is 1.62. The Hall–Kier alpha value is -2.00. The molecule has 2 rings (SSSR count). The van der Waals surface area contributed by atoms with Crippen LogP contribution < -0.4 is 5.32 Å². The number of phenols is 1. The Bertz CT molecular complexity index is 638. The van der Waals surface area contributed by atoms with E-state index >= 15 is 0 Å². The first-order valence-corrected chi connectivity index (χ1v) is 6.22. The largest absolute Gasteiger partial charge is 0.508 e. The van der Waals surface area contributed by atoms with Crippen molar-refractivity contribution in [2.24, 2.45) is 0 Å². The van der Waals surface area contributed by atoms with Crippen molar-refractivity contribution in [3.63, 3.8) is 0 Å². The second-order valence-corrected chi connectivity index (χ2v) is 4.83. The molecule has 0 heterocycles. The molecule has 0 radical (unpaired) electrons. The molecular weight excluding hydrogens is 262 g/mol. The summed E-state index contributed by atoms with van der Waals surface area (Å²) >= 11 is 6.00. The van der Waals surface area contributed by atoms with Crippen LogP contribution in [0.5, 0.6) is 5.75 Å². The molecule has 19 heavy (non-hydrogen) atoms. The third-order valence-corrected chi connectivity index (χ3v) is 3.31. The predicted octanol–water partition coefficient (Wildman–Crippen LogP) is 3.91. The summed E-state index contributed by atoms with van der Waals surface area (Å²) in [4.78, 5) is 12.0. The number of hydrogen-bond acceptors (Lipinski definition) is 2. The van der Waals surface area contributed by atoms with E-state index in [4.69, 9.17) is 11.6 Å². The summed E-state index contributed by atoms with van der Waals surface area (Å²) in [5, 5.41) is 12.9. The lowest BCUT2D eigenvalue weighted by molar-refractivity contribution is 0.102. The van der Waals surface area contributed by atoms with E-state index in [2.05, 4.69) is 5.32 Å². The Morgan fingerprint density at radius 2 is 1.79 bits per heavy atom. The molecular formula is C15H14ClNO2. The molecule has 0 aliphatic heterocycles. The van der Waals surface area contributed by atoms with E-state index in [9.17, 15) is 9.90 Å². The van der Waals surface area contributed by atoms with Crippen LogP contribution in [0, 0.1) is 13.8 Å². The third-order valence-electron chi connectivity index (χ3n) is 2.90. The number of carbonyl (C=O) groups excluding carboxylic acids is 1. The number of hydrogen-bond donors (Lipinski definition) is 2. The molecule has 0 saturated heterocycles. The summed E-state index contributed by atoms with van der Waals surface area (Å²) in [7, 11) is 0. The van der Waals surface area contributed by atoms with Crippen LogP contribution in [0.25, 0.3) is 0 Å². The maximum atomic E-state index is 12.0. The van der Waals surface area contributed by atoms with E-state index in [0.29, 0.717) is 16.3 Å². The van der Waals surface area contributed by atoms with Crippen LogP contribution in [0.3, 0.4) is 0 Å². The summed E-state index contributed by atoms with van der Waals surface area (Å²) in [6, 6.07) is 10.1. The van der Waals surface area contributed by atoms with Gasteiger partial charge in [0.05, 0.1) is 0 Å². The third kappa shape index (κ3) is 3.06. The molecule has 0 aliphatic carbocycles. The second-order valence-electron chi connectivity index (χ2n) is 4.42. The molecule has 4 heteroatoms. The minimum Gasteiger partial charge on any atom is -0.508 e. The minimum atomic E-state index is -0.282. The van der Waals surface area contributed by atoms with Crippen molar-refractivity contribution in [2.75, 3.05) is 5.32 Å². The molecule has 0 saturated carbocycles. The molecule has 2 aromatic carbocycles. The molecule has 98 valence electrons. The van der Waals surface area contributed by atoms with E-state index in [1.54, 1.807) is 31.2 Å². The van der Waals surface area contributed by atoms with Gasteiger partial charge in [0.1, 0.15) is 5.75 Å². The first-order chi connectivity index (χ1) is 8.97. The quantitative estimate of drug-likeness (QED) is 0.873. The zero-order valence-corrected chi connectivity index (χ0v) is 11.5. The van der Waals surface area contributed by atoms with E-state index in [1.165, 1.54) is 6.07 Å². The molecule has 0 spiro atoms. The van der Waals surface area contributed by atoms with Crippen LogP contribution in [-0.2, 0) is 0 Å². The number of nitrogens with one attached hydrogen (secondary N) is 1. The SMILES string of the molecule is Cc1ccc(C(=O)Nc2ccc(C)c(Cl)c2)cc1O. The number of aromatic hydroxyl groups is 1. The van der Waals surface area contributed by atoms with Gasteiger partial charge >= 0.3 is 0 Å². The highest BCUT2D eigenvalue weighted by molar-refractivity contribution is 6.31. The lowest BCUT2D eigenvalue weighted by atomic mass is 10.1. The van der Waals surface area contributed by atoms with E-state index < -0.39 is 0 Å². The van der Waals surface area contributed by atoms with Crippen molar-refractivity contribution >= 4 is 23.2 Å². The maximum Gasteiger partial charge on any atom is 0.255 e. The number of aryl methyl sites for hydroxylation is 2. The zero-order valence-electron chi connectivity index (χ0n) is 10.7. The Labute approximate surface area is 116 Å². The standard InChI is InChI=1S/C15H14ClNO2/c1-9-4-6-12(8-13(9)16)17-15(19)11-5-3-10(2)14(18)7-11/h3-8,18H,1-2H3,(H,17,19). The van der Waals surface area contributed by atoms with Gasteiger partial charge < -0.3 is 10.4 Å². The summed E-state index contributed by atoms with van der Waals surface area (Å²) in [6.07, 6.45) is 0. The minimum absolute atomic E-state index is 0.106. The van der Waals surface area contributed by atoms with Gasteiger partial charge in [-0.2, -0.15) is 0 Å². The molecule has 2 aromatic rings. The molecule has 3 nitrogen and oxygen atoms in total. The lowest BCUT2D eigenvalue weighted by Crippen LogP contribution is -2.11. The lowest BCUT2D eigenvalue weighted by Gasteiger charge is -2.08. The van der Waals surface area contributed by atoms with Crippen LogP contribution in [0.4, 0.5) is 5.69 Å². The molecule has 0 atom stereocenters. The van der Waals surface area contributed by atoms with Gasteiger partial charge in [0.25, 0.3) is 5.91 Å². The highest BCUT2D eigenvalue weighted by Gasteiger charge is 2.08. The maximum absolute atomic E-state index is 12.0. The Kier molecular flexibility index (Phi) is 3.76. The zero-order chi connectivity index (χ0) is 14.0. The average molecular weight is 276 g/mol. The van der Waals surface area contributed by atoms with Gasteiger partial charge in [0, 0.05) is 16.3 Å². The number of amides is 1. The Balaban J connectivity index is 2.20. The predicted molar refractivity (Wildman–Crippen MR) is 77.0 cm³/mol. The number of anilines is 1. The van der Waals surface area contributed by atoms with Crippen LogP contribution >= 0.6 is 11.6 Å². The molecule has 0 aliphatic rings. The Morgan fingerprint density at radius 1 is 1.11 bits per heavy atom. The fourth-order valence-corrected chi connectivity index (χ4v) is 1.81. The first kappa shape index (κ1) is 13.4. The van der Waals surface area contributed by atoms with Crippen molar-refractivity contribution in [2.45, 2.75) is 13.8 Å². The van der Waals surface area contributed by atoms with Crippen LogP contribution in [-0.4, -0.2) is 11.0 Å². The summed E-state index contributed by atoms with van der Waals surface area (Å²) in [5.41, 5.74) is 2.71. The van der Waals surface area contributed by atoms with Crippen LogP contribution in [0.2, 0.25) is 5.02 Å². The van der Waals surface area contributed by atoms with E-state index in [-0.39, 0.29) is 11.7 Å². The second kappa shape index (κ2) is 5.33. The number of benzene rings is 2. The van der Waals surface area contributed by atoms with Gasteiger partial charge in [0.15, 0.2) is 0 Å². The van der Waals surface area contributed by atoms with Crippen molar-refractivity contribution in [3.8, 4) is 5.75 Å². The normalized spacial score (nSPS) is 10.3. The van der Waals surface area contributed by atoms with Gasteiger partial charge in [-0.3, -0.25) is 4.79 Å². The average Bonchev–Trinajstić information content (AvgIpc) is 2.37. The number of carbonyl (C=O) groups is 1. The highest BCUT2D eigenvalue weighted by Crippen LogP contribution is 2.22. The van der Waals surface area contributed by atoms with Gasteiger partial charge in [-0.1, -0.05) is 23.7 Å². The molecule has 1 amide bonds. The van der Waals surface area contributed by atoms with Gasteiger partial charge in [-0.15, -0.1) is 0 Å². The molecule has 0 aromatic heterocycles. The van der Waals surface area contributed by atoms with Gasteiger partial charge in [0.2, 0.25) is 0 Å². The summed E-state index contributed by atoms with van der Waals surface area (Å²) in [5.74, 6) is -0.176. The number of rotatable bonds is 2. The highest BCUT2D eigenvalue weighted by atomic mass is 35.5. The van der Waals surface area contributed by atoms with Crippen molar-refractivity contribution in [1.29, 1.82) is 0 Å². The number of halogens is 1. The molecule has 0 bridgehead atoms. The van der Waals surface area contributed by atoms with Crippen molar-refractivity contribution in [3.05, 3.63) is 58.1 Å². The summed E-state index contributed by atoms with van der Waals surface area (Å²) in [6.45, 7) is 3.67. The summed E-state index contributed by atoms with van der Waals surface area (Å²) < 4.78 is 0. The monoisotopic (exact) mass is 275 g/mol. The van der Waals surface area contributed by atoms with Crippen molar-refractivity contribution in [1.82, 2.24) is 0 Å². The fraction of sp³-hybridized carbons (Fsp3) is 0.133. The molecule has 0 fully saturated rings. The van der Waals surface area contributed by atoms with Gasteiger partial charge in [-0.25, -0.2) is 0 Å². The smallest absolute Gasteiger partial charge is 0.255 e. The van der Waals surface area contributed by atoms with Crippen molar-refractivity contribution < 1.29 is 9.90 Å². The van der Waals surface area contributed by atoms with Crippen LogP contribution in [0.15, 0.2) is 36.4 Å². The number of phenolic OH excluding ortho intramolecular Hbond substituents is 1. The van der Waals surface area contributed by atoms with Crippen LogP contribution in [0.1, 0.15) is 21.5 Å². The molecule has 0 unspecified atom stereocenters. The van der Waals surface area contributed by atoms with Gasteiger partial charge in [-0.05, 0) is 49.2 Å². The Morgan fingerprint density at radius 3 is 2.42 bits per heavy atom. The van der Waals surface area contributed by atoms with E-state index in [1.807, 2.05) is 13.0 Å². The first-order valence-electron chi connectivity index (χ1n) is 5.84. The molecule has 2 N–H and O–H groups in total. The topological polar surface area (TPSA) is 49.3 Å². The van der Waals surface area contributed by atoms with E-state index in [0.717, 1.165) is 11.1 Å².